The van der Waals surface area contributed by atoms with Gasteiger partial charge in [0.2, 0.25) is 5.91 Å². The molecule has 1 N–H and O–H groups in total. The average molecular weight is 228 g/mol. The summed E-state index contributed by atoms with van der Waals surface area (Å²) in [5, 5.41) is 3.77. The molecule has 0 bridgehead atoms. The van der Waals surface area contributed by atoms with E-state index >= 15 is 0 Å². The van der Waals surface area contributed by atoms with Crippen LogP contribution in [0, 0.1) is 0 Å². The number of rotatable bonds is 2. The molecule has 0 aliphatic carbocycles. The predicted octanol–water partition coefficient (Wildman–Crippen LogP) is 1.44. The zero-order chi connectivity index (χ0) is 10.5. The highest BCUT2D eigenvalue weighted by Crippen LogP contribution is 2.19. The Morgan fingerprint density at radius 3 is 2.73 bits per heavy atom. The van der Waals surface area contributed by atoms with Gasteiger partial charge in [-0.25, -0.2) is 0 Å². The van der Waals surface area contributed by atoms with Crippen molar-refractivity contribution >= 4 is 17.7 Å². The number of likely N-dealkylation sites (tertiary alicyclic amines) is 1. The summed E-state index contributed by atoms with van der Waals surface area (Å²) in [5.41, 5.74) is 0. The van der Waals surface area contributed by atoms with Crippen LogP contribution < -0.4 is 5.32 Å². The fourth-order valence-electron chi connectivity index (χ4n) is 2.18. The minimum Gasteiger partial charge on any atom is -0.343 e. The number of hydrogen-bond acceptors (Lipinski definition) is 3. The van der Waals surface area contributed by atoms with Crippen LogP contribution in [0.1, 0.15) is 32.1 Å². The highest BCUT2D eigenvalue weighted by atomic mass is 32.2. The van der Waals surface area contributed by atoms with Crippen molar-refractivity contribution in [2.24, 2.45) is 0 Å². The SMILES string of the molecule is O=C(CC1NCCCS1)N1CCCCC1. The first-order chi connectivity index (χ1) is 7.36. The Morgan fingerprint density at radius 2 is 2.07 bits per heavy atom. The molecule has 86 valence electrons. The molecule has 3 nitrogen and oxygen atoms in total. The third-order valence-electron chi connectivity index (χ3n) is 3.08. The second kappa shape index (κ2) is 5.75. The minimum absolute atomic E-state index is 0.349. The van der Waals surface area contributed by atoms with E-state index in [1.807, 2.05) is 16.7 Å². The number of carbonyl (C=O) groups excluding carboxylic acids is 1. The van der Waals surface area contributed by atoms with Gasteiger partial charge in [-0.1, -0.05) is 0 Å². The number of carbonyl (C=O) groups is 1. The Labute approximate surface area is 96.0 Å². The van der Waals surface area contributed by atoms with Crippen LogP contribution in [0.2, 0.25) is 0 Å². The molecule has 2 saturated heterocycles. The van der Waals surface area contributed by atoms with Gasteiger partial charge in [-0.05, 0) is 38.0 Å². The normalized spacial score (nSPS) is 27.7. The van der Waals surface area contributed by atoms with Crippen molar-refractivity contribution in [3.05, 3.63) is 0 Å². The third-order valence-corrected chi connectivity index (χ3v) is 4.34. The van der Waals surface area contributed by atoms with Crippen molar-refractivity contribution in [3.63, 3.8) is 0 Å². The number of nitrogens with zero attached hydrogens (tertiary/aromatic N) is 1. The molecule has 0 aromatic heterocycles. The summed E-state index contributed by atoms with van der Waals surface area (Å²) in [6.07, 6.45) is 5.60. The highest BCUT2D eigenvalue weighted by Gasteiger charge is 2.21. The molecule has 0 spiro atoms. The summed E-state index contributed by atoms with van der Waals surface area (Å²) in [6.45, 7) is 3.04. The largest absolute Gasteiger partial charge is 0.343 e. The molecular formula is C11H20N2OS. The average Bonchev–Trinajstić information content (AvgIpc) is 2.31. The van der Waals surface area contributed by atoms with E-state index in [2.05, 4.69) is 5.32 Å². The lowest BCUT2D eigenvalue weighted by Gasteiger charge is -2.29. The van der Waals surface area contributed by atoms with E-state index in [-0.39, 0.29) is 0 Å². The molecule has 2 aliphatic rings. The summed E-state index contributed by atoms with van der Waals surface area (Å²) in [4.78, 5) is 14.0. The predicted molar refractivity (Wildman–Crippen MR) is 63.9 cm³/mol. The van der Waals surface area contributed by atoms with Crippen LogP contribution in [0.15, 0.2) is 0 Å². The third kappa shape index (κ3) is 3.38. The van der Waals surface area contributed by atoms with Crippen LogP contribution in [0.5, 0.6) is 0 Å². The lowest BCUT2D eigenvalue weighted by molar-refractivity contribution is -0.132. The molecule has 0 aromatic carbocycles. The van der Waals surface area contributed by atoms with Gasteiger partial charge < -0.3 is 10.2 Å². The molecule has 2 rings (SSSR count). The molecular weight excluding hydrogens is 208 g/mol. The fraction of sp³-hybridized carbons (Fsp3) is 0.909. The second-order valence-electron chi connectivity index (χ2n) is 4.31. The smallest absolute Gasteiger partial charge is 0.225 e. The Bertz CT molecular complexity index is 211. The maximum absolute atomic E-state index is 11.9. The fourth-order valence-corrected chi connectivity index (χ4v) is 3.27. The van der Waals surface area contributed by atoms with Crippen LogP contribution in [-0.2, 0) is 4.79 Å². The zero-order valence-electron chi connectivity index (χ0n) is 9.21. The number of hydrogen-bond donors (Lipinski definition) is 1. The van der Waals surface area contributed by atoms with E-state index in [1.165, 1.54) is 31.4 Å². The molecule has 2 aliphatic heterocycles. The molecule has 15 heavy (non-hydrogen) atoms. The first kappa shape index (κ1) is 11.3. The van der Waals surface area contributed by atoms with Crippen LogP contribution in [0.3, 0.4) is 0 Å². The molecule has 1 atom stereocenters. The van der Waals surface area contributed by atoms with E-state index in [0.29, 0.717) is 17.7 Å². The van der Waals surface area contributed by atoms with Crippen molar-refractivity contribution in [2.45, 2.75) is 37.5 Å². The maximum Gasteiger partial charge on any atom is 0.225 e. The molecule has 0 saturated carbocycles. The van der Waals surface area contributed by atoms with Crippen LogP contribution in [0.25, 0.3) is 0 Å². The molecule has 1 amide bonds. The lowest BCUT2D eigenvalue weighted by Crippen LogP contribution is -2.41. The van der Waals surface area contributed by atoms with Gasteiger partial charge in [0.1, 0.15) is 0 Å². The van der Waals surface area contributed by atoms with E-state index < -0.39 is 0 Å². The zero-order valence-corrected chi connectivity index (χ0v) is 10.0. The van der Waals surface area contributed by atoms with E-state index in [0.717, 1.165) is 19.6 Å². The number of amides is 1. The second-order valence-corrected chi connectivity index (χ2v) is 5.62. The van der Waals surface area contributed by atoms with Crippen LogP contribution >= 0.6 is 11.8 Å². The van der Waals surface area contributed by atoms with Crippen LogP contribution in [-0.4, -0.2) is 41.6 Å². The molecule has 0 radical (unpaired) electrons. The van der Waals surface area contributed by atoms with E-state index in [9.17, 15) is 4.79 Å². The minimum atomic E-state index is 0.349. The topological polar surface area (TPSA) is 32.3 Å². The summed E-state index contributed by atoms with van der Waals surface area (Å²) in [7, 11) is 0. The van der Waals surface area contributed by atoms with Gasteiger partial charge in [-0.2, -0.15) is 0 Å². The Kier molecular flexibility index (Phi) is 4.32. The Hall–Kier alpha value is -0.220. The lowest BCUT2D eigenvalue weighted by atomic mass is 10.1. The van der Waals surface area contributed by atoms with Gasteiger partial charge in [0.05, 0.1) is 11.8 Å². The number of thioether (sulfide) groups is 1. The molecule has 1 unspecified atom stereocenters. The van der Waals surface area contributed by atoms with Gasteiger partial charge in [0.15, 0.2) is 0 Å². The highest BCUT2D eigenvalue weighted by molar-refractivity contribution is 7.99. The van der Waals surface area contributed by atoms with E-state index in [1.54, 1.807) is 0 Å². The van der Waals surface area contributed by atoms with Crippen molar-refractivity contribution in [3.8, 4) is 0 Å². The van der Waals surface area contributed by atoms with Gasteiger partial charge >= 0.3 is 0 Å². The molecule has 0 aromatic rings. The molecule has 2 heterocycles. The standard InChI is InChI=1S/C11H20N2OS/c14-11(13-6-2-1-3-7-13)9-10-12-5-4-8-15-10/h10,12H,1-9H2. The Morgan fingerprint density at radius 1 is 1.27 bits per heavy atom. The summed E-state index contributed by atoms with van der Waals surface area (Å²) >= 11 is 1.90. The van der Waals surface area contributed by atoms with Crippen molar-refractivity contribution in [1.29, 1.82) is 0 Å². The first-order valence-electron chi connectivity index (χ1n) is 5.99. The summed E-state index contributed by atoms with van der Waals surface area (Å²) in [5.74, 6) is 1.55. The monoisotopic (exact) mass is 228 g/mol. The first-order valence-corrected chi connectivity index (χ1v) is 7.04. The number of piperidine rings is 1. The number of nitrogens with one attached hydrogen (secondary N) is 1. The van der Waals surface area contributed by atoms with Crippen molar-refractivity contribution in [2.75, 3.05) is 25.4 Å². The Balaban J connectivity index is 1.74. The van der Waals surface area contributed by atoms with Crippen LogP contribution in [0.4, 0.5) is 0 Å². The van der Waals surface area contributed by atoms with Gasteiger partial charge in [0, 0.05) is 13.1 Å². The molecule has 4 heteroatoms. The maximum atomic E-state index is 11.9. The summed E-state index contributed by atoms with van der Waals surface area (Å²) < 4.78 is 0. The quantitative estimate of drug-likeness (QED) is 0.776. The van der Waals surface area contributed by atoms with Gasteiger partial charge in [-0.15, -0.1) is 11.8 Å². The van der Waals surface area contributed by atoms with Gasteiger partial charge in [-0.3, -0.25) is 4.79 Å². The van der Waals surface area contributed by atoms with Crippen molar-refractivity contribution < 1.29 is 4.79 Å². The summed E-state index contributed by atoms with van der Waals surface area (Å²) in [6, 6.07) is 0. The molecule has 2 fully saturated rings. The van der Waals surface area contributed by atoms with Crippen molar-refractivity contribution in [1.82, 2.24) is 10.2 Å². The van der Waals surface area contributed by atoms with Gasteiger partial charge in [0.25, 0.3) is 0 Å². The van der Waals surface area contributed by atoms with E-state index in [4.69, 9.17) is 0 Å².